The van der Waals surface area contributed by atoms with E-state index in [-0.39, 0.29) is 18.3 Å². The maximum atomic E-state index is 12.3. The Morgan fingerprint density at radius 1 is 1.12 bits per heavy atom. The summed E-state index contributed by atoms with van der Waals surface area (Å²) in [5, 5.41) is 3.43. The van der Waals surface area contributed by atoms with Crippen LogP contribution in [0, 0.1) is 6.92 Å². The Morgan fingerprint density at radius 2 is 1.84 bits per heavy atom. The molecule has 0 saturated heterocycles. The Hall–Kier alpha value is -2.54. The average molecular weight is 363 g/mol. The van der Waals surface area contributed by atoms with Gasteiger partial charge in [0.25, 0.3) is 0 Å². The van der Waals surface area contributed by atoms with Gasteiger partial charge in [-0.05, 0) is 43.2 Å². The first-order valence-corrected chi connectivity index (χ1v) is 8.58. The third-order valence-electron chi connectivity index (χ3n) is 3.45. The number of hydrogen-bond acceptors (Lipinski definition) is 6. The van der Waals surface area contributed by atoms with E-state index in [0.29, 0.717) is 28.0 Å². The zero-order chi connectivity index (χ0) is 18.4. The fourth-order valence-corrected chi connectivity index (χ4v) is 3.28. The van der Waals surface area contributed by atoms with Crippen molar-refractivity contribution in [2.24, 2.45) is 0 Å². The standard InChI is InChI=1S/C18H21NO5S/c1-5-24-18(21)17-11(2)8-16(25-17)19-15(20)10-12-6-7-13(22-3)14(9-12)23-4/h6-9H,5,10H2,1-4H3,(H,19,20). The molecule has 2 rings (SSSR count). The van der Waals surface area contributed by atoms with Crippen molar-refractivity contribution in [2.45, 2.75) is 20.3 Å². The summed E-state index contributed by atoms with van der Waals surface area (Å²) in [4.78, 5) is 24.6. The Bertz CT molecular complexity index is 769. The van der Waals surface area contributed by atoms with E-state index in [2.05, 4.69) is 5.32 Å². The van der Waals surface area contributed by atoms with Gasteiger partial charge in [0.1, 0.15) is 4.88 Å². The van der Waals surface area contributed by atoms with Crippen molar-refractivity contribution in [1.82, 2.24) is 0 Å². The first kappa shape index (κ1) is 18.8. The summed E-state index contributed by atoms with van der Waals surface area (Å²) in [5.74, 6) is 0.637. The molecule has 0 unspecified atom stereocenters. The van der Waals surface area contributed by atoms with Crippen LogP contribution in [0.1, 0.15) is 27.7 Å². The second-order valence-corrected chi connectivity index (χ2v) is 6.31. The molecule has 1 aromatic heterocycles. The predicted molar refractivity (Wildman–Crippen MR) is 96.9 cm³/mol. The zero-order valence-electron chi connectivity index (χ0n) is 14.7. The predicted octanol–water partition coefficient (Wildman–Crippen LogP) is 3.43. The molecule has 25 heavy (non-hydrogen) atoms. The maximum Gasteiger partial charge on any atom is 0.348 e. The van der Waals surface area contributed by atoms with Crippen LogP contribution in [-0.4, -0.2) is 32.7 Å². The number of carbonyl (C=O) groups is 2. The van der Waals surface area contributed by atoms with Crippen LogP contribution in [0.5, 0.6) is 11.5 Å². The molecule has 0 aliphatic rings. The van der Waals surface area contributed by atoms with E-state index < -0.39 is 0 Å². The number of hydrogen-bond donors (Lipinski definition) is 1. The van der Waals surface area contributed by atoms with Gasteiger partial charge in [0.2, 0.25) is 5.91 Å². The van der Waals surface area contributed by atoms with Crippen LogP contribution in [0.3, 0.4) is 0 Å². The lowest BCUT2D eigenvalue weighted by molar-refractivity contribution is -0.115. The van der Waals surface area contributed by atoms with Crippen LogP contribution in [0.15, 0.2) is 24.3 Å². The molecule has 1 heterocycles. The van der Waals surface area contributed by atoms with Gasteiger partial charge in [-0.3, -0.25) is 4.79 Å². The van der Waals surface area contributed by atoms with Crippen molar-refractivity contribution < 1.29 is 23.8 Å². The van der Waals surface area contributed by atoms with Crippen LogP contribution in [0.2, 0.25) is 0 Å². The lowest BCUT2D eigenvalue weighted by atomic mass is 10.1. The van der Waals surface area contributed by atoms with Gasteiger partial charge in [-0.1, -0.05) is 6.07 Å². The van der Waals surface area contributed by atoms with Gasteiger partial charge in [0.15, 0.2) is 11.5 Å². The minimum Gasteiger partial charge on any atom is -0.493 e. The topological polar surface area (TPSA) is 73.9 Å². The number of esters is 1. The highest BCUT2D eigenvalue weighted by Crippen LogP contribution is 2.29. The molecule has 0 aliphatic carbocycles. The third kappa shape index (κ3) is 4.73. The van der Waals surface area contributed by atoms with E-state index in [1.165, 1.54) is 11.3 Å². The Balaban J connectivity index is 2.05. The highest BCUT2D eigenvalue weighted by Gasteiger charge is 2.16. The molecule has 0 bridgehead atoms. The minimum absolute atomic E-state index is 0.177. The number of aryl methyl sites for hydroxylation is 1. The summed E-state index contributed by atoms with van der Waals surface area (Å²) in [7, 11) is 3.11. The number of amides is 1. The van der Waals surface area contributed by atoms with Crippen molar-refractivity contribution in [3.63, 3.8) is 0 Å². The number of thiophene rings is 1. The van der Waals surface area contributed by atoms with E-state index in [1.54, 1.807) is 39.3 Å². The Morgan fingerprint density at radius 3 is 2.48 bits per heavy atom. The minimum atomic E-state index is -0.370. The number of methoxy groups -OCH3 is 2. The van der Waals surface area contributed by atoms with Crippen molar-refractivity contribution in [2.75, 3.05) is 26.1 Å². The van der Waals surface area contributed by atoms with Gasteiger partial charge in [-0.25, -0.2) is 4.79 Å². The summed E-state index contributed by atoms with van der Waals surface area (Å²) in [5.41, 5.74) is 1.58. The van der Waals surface area contributed by atoms with Gasteiger partial charge in [0.05, 0.1) is 32.2 Å². The fourth-order valence-electron chi connectivity index (χ4n) is 2.30. The summed E-state index contributed by atoms with van der Waals surface area (Å²) in [6.07, 6.45) is 0.187. The quantitative estimate of drug-likeness (QED) is 0.763. The summed E-state index contributed by atoms with van der Waals surface area (Å²) >= 11 is 1.21. The van der Waals surface area contributed by atoms with Crippen molar-refractivity contribution in [3.8, 4) is 11.5 Å². The van der Waals surface area contributed by atoms with Gasteiger partial charge in [-0.2, -0.15) is 0 Å². The summed E-state index contributed by atoms with van der Waals surface area (Å²) in [6, 6.07) is 7.10. The van der Waals surface area contributed by atoms with E-state index in [1.807, 2.05) is 13.0 Å². The Labute approximate surface area is 150 Å². The van der Waals surface area contributed by atoms with Gasteiger partial charge in [-0.15, -0.1) is 11.3 Å². The molecule has 7 heteroatoms. The molecule has 0 atom stereocenters. The molecule has 6 nitrogen and oxygen atoms in total. The largest absolute Gasteiger partial charge is 0.493 e. The van der Waals surface area contributed by atoms with Gasteiger partial charge in [0, 0.05) is 0 Å². The molecular formula is C18H21NO5S. The molecular weight excluding hydrogens is 342 g/mol. The molecule has 0 spiro atoms. The molecule has 0 aliphatic heterocycles. The fraction of sp³-hybridized carbons (Fsp3) is 0.333. The highest BCUT2D eigenvalue weighted by molar-refractivity contribution is 7.18. The summed E-state index contributed by atoms with van der Waals surface area (Å²) in [6.45, 7) is 3.89. The van der Waals surface area contributed by atoms with E-state index in [9.17, 15) is 9.59 Å². The van der Waals surface area contributed by atoms with Crippen molar-refractivity contribution in [1.29, 1.82) is 0 Å². The van der Waals surface area contributed by atoms with E-state index >= 15 is 0 Å². The molecule has 0 radical (unpaired) electrons. The molecule has 2 aromatic rings. The number of ether oxygens (including phenoxy) is 3. The molecule has 1 aromatic carbocycles. The number of rotatable bonds is 7. The van der Waals surface area contributed by atoms with Gasteiger partial charge >= 0.3 is 5.97 Å². The lowest BCUT2D eigenvalue weighted by Gasteiger charge is -2.09. The Kier molecular flexibility index (Phi) is 6.41. The van der Waals surface area contributed by atoms with Crippen molar-refractivity contribution >= 4 is 28.2 Å². The van der Waals surface area contributed by atoms with Crippen LogP contribution >= 0.6 is 11.3 Å². The van der Waals surface area contributed by atoms with Crippen molar-refractivity contribution in [3.05, 3.63) is 40.3 Å². The monoisotopic (exact) mass is 363 g/mol. The van der Waals surface area contributed by atoms with Crippen LogP contribution < -0.4 is 14.8 Å². The third-order valence-corrected chi connectivity index (χ3v) is 4.59. The smallest absolute Gasteiger partial charge is 0.348 e. The first-order valence-electron chi connectivity index (χ1n) is 7.76. The van der Waals surface area contributed by atoms with Crippen LogP contribution in [-0.2, 0) is 16.0 Å². The number of benzene rings is 1. The normalized spacial score (nSPS) is 10.2. The second kappa shape index (κ2) is 8.53. The molecule has 1 amide bonds. The maximum absolute atomic E-state index is 12.3. The molecule has 134 valence electrons. The molecule has 0 fully saturated rings. The van der Waals surface area contributed by atoms with E-state index in [4.69, 9.17) is 14.2 Å². The second-order valence-electron chi connectivity index (χ2n) is 5.26. The molecule has 0 saturated carbocycles. The lowest BCUT2D eigenvalue weighted by Crippen LogP contribution is -2.13. The zero-order valence-corrected chi connectivity index (χ0v) is 15.5. The highest BCUT2D eigenvalue weighted by atomic mass is 32.1. The first-order chi connectivity index (χ1) is 12.0. The van der Waals surface area contributed by atoms with Crippen LogP contribution in [0.25, 0.3) is 0 Å². The SMILES string of the molecule is CCOC(=O)c1sc(NC(=O)Cc2ccc(OC)c(OC)c2)cc1C. The average Bonchev–Trinajstić information content (AvgIpc) is 2.95. The van der Waals surface area contributed by atoms with Gasteiger partial charge < -0.3 is 19.5 Å². The summed E-state index contributed by atoms with van der Waals surface area (Å²) < 4.78 is 15.4. The molecule has 1 N–H and O–H groups in total. The van der Waals surface area contributed by atoms with E-state index in [0.717, 1.165) is 11.1 Å². The number of nitrogens with one attached hydrogen (secondary N) is 1. The van der Waals surface area contributed by atoms with Crippen LogP contribution in [0.4, 0.5) is 5.00 Å². The number of anilines is 1. The number of carbonyl (C=O) groups excluding carboxylic acids is 2.